The lowest BCUT2D eigenvalue weighted by Crippen LogP contribution is -2.25. The molecule has 0 saturated heterocycles. The lowest BCUT2D eigenvalue weighted by molar-refractivity contribution is 0.117. The van der Waals surface area contributed by atoms with E-state index in [1.54, 1.807) is 0 Å². The van der Waals surface area contributed by atoms with Crippen LogP contribution in [0.5, 0.6) is 5.88 Å². The molecular formula is C17H26N2O. The number of hydrogen-bond donors (Lipinski definition) is 1. The minimum atomic E-state index is 0.368. The van der Waals surface area contributed by atoms with Gasteiger partial charge in [0, 0.05) is 24.8 Å². The fraction of sp³-hybridized carbons (Fsp3) is 0.706. The molecule has 0 amide bonds. The highest BCUT2D eigenvalue weighted by Crippen LogP contribution is 2.29. The van der Waals surface area contributed by atoms with E-state index in [1.165, 1.54) is 50.5 Å². The van der Waals surface area contributed by atoms with Crippen LogP contribution in [0.25, 0.3) is 0 Å². The Morgan fingerprint density at radius 1 is 1.30 bits per heavy atom. The van der Waals surface area contributed by atoms with Crippen molar-refractivity contribution in [2.75, 3.05) is 0 Å². The highest BCUT2D eigenvalue weighted by molar-refractivity contribution is 5.20. The van der Waals surface area contributed by atoms with Gasteiger partial charge in [-0.05, 0) is 49.7 Å². The zero-order valence-electron chi connectivity index (χ0n) is 12.5. The van der Waals surface area contributed by atoms with Crippen LogP contribution in [0.2, 0.25) is 0 Å². The Morgan fingerprint density at radius 2 is 2.20 bits per heavy atom. The molecule has 2 aliphatic rings. The van der Waals surface area contributed by atoms with Gasteiger partial charge in [0.05, 0.1) is 0 Å². The molecule has 0 radical (unpaired) electrons. The van der Waals surface area contributed by atoms with Crippen molar-refractivity contribution in [3.05, 3.63) is 23.9 Å². The van der Waals surface area contributed by atoms with Gasteiger partial charge in [0.1, 0.15) is 6.10 Å². The Balaban J connectivity index is 1.54. The van der Waals surface area contributed by atoms with Crippen molar-refractivity contribution < 1.29 is 4.74 Å². The van der Waals surface area contributed by atoms with E-state index in [4.69, 9.17) is 4.74 Å². The van der Waals surface area contributed by atoms with Crippen LogP contribution in [-0.4, -0.2) is 17.1 Å². The molecule has 0 aromatic carbocycles. The summed E-state index contributed by atoms with van der Waals surface area (Å²) in [5, 5.41) is 3.54. The van der Waals surface area contributed by atoms with Gasteiger partial charge in [-0.3, -0.25) is 0 Å². The Hall–Kier alpha value is -1.09. The molecule has 1 N–H and O–H groups in total. The number of hydrogen-bond acceptors (Lipinski definition) is 3. The Morgan fingerprint density at radius 3 is 3.00 bits per heavy atom. The molecule has 3 rings (SSSR count). The number of aromatic nitrogens is 1. The van der Waals surface area contributed by atoms with Gasteiger partial charge in [0.15, 0.2) is 0 Å². The van der Waals surface area contributed by atoms with E-state index >= 15 is 0 Å². The first kappa shape index (κ1) is 13.9. The average Bonchev–Trinajstić information content (AvgIpc) is 3.30. The number of nitrogens with zero attached hydrogens (tertiary/aromatic N) is 1. The predicted molar refractivity (Wildman–Crippen MR) is 80.8 cm³/mol. The van der Waals surface area contributed by atoms with Gasteiger partial charge in [-0.1, -0.05) is 19.8 Å². The van der Waals surface area contributed by atoms with Crippen molar-refractivity contribution in [1.82, 2.24) is 10.3 Å². The number of rotatable bonds is 6. The first-order valence-corrected chi connectivity index (χ1v) is 8.18. The van der Waals surface area contributed by atoms with E-state index in [0.29, 0.717) is 6.10 Å². The van der Waals surface area contributed by atoms with Crippen molar-refractivity contribution in [2.24, 2.45) is 5.92 Å². The van der Waals surface area contributed by atoms with Crippen LogP contribution in [0.3, 0.4) is 0 Å². The maximum absolute atomic E-state index is 6.11. The SMILES string of the molecule is CCC1CCCC(Oc2cc(CNC3CC3)ccn2)C1. The second-order valence-corrected chi connectivity index (χ2v) is 6.34. The van der Waals surface area contributed by atoms with E-state index < -0.39 is 0 Å². The van der Waals surface area contributed by atoms with Gasteiger partial charge < -0.3 is 10.1 Å². The van der Waals surface area contributed by atoms with Crippen LogP contribution < -0.4 is 10.1 Å². The van der Waals surface area contributed by atoms with Crippen LogP contribution in [0.1, 0.15) is 57.4 Å². The van der Waals surface area contributed by atoms with Gasteiger partial charge >= 0.3 is 0 Å². The van der Waals surface area contributed by atoms with Gasteiger partial charge in [0.2, 0.25) is 5.88 Å². The van der Waals surface area contributed by atoms with E-state index in [2.05, 4.69) is 29.4 Å². The highest BCUT2D eigenvalue weighted by Gasteiger charge is 2.23. The smallest absolute Gasteiger partial charge is 0.213 e. The molecule has 2 unspecified atom stereocenters. The molecule has 2 saturated carbocycles. The topological polar surface area (TPSA) is 34.1 Å². The summed E-state index contributed by atoms with van der Waals surface area (Å²) in [6.07, 6.45) is 11.2. The van der Waals surface area contributed by atoms with E-state index in [0.717, 1.165) is 24.4 Å². The lowest BCUT2D eigenvalue weighted by Gasteiger charge is -2.28. The van der Waals surface area contributed by atoms with Crippen LogP contribution in [0.15, 0.2) is 18.3 Å². The lowest BCUT2D eigenvalue weighted by atomic mass is 9.85. The first-order chi connectivity index (χ1) is 9.83. The van der Waals surface area contributed by atoms with Crippen molar-refractivity contribution >= 4 is 0 Å². The Bertz CT molecular complexity index is 431. The zero-order valence-corrected chi connectivity index (χ0v) is 12.5. The van der Waals surface area contributed by atoms with Crippen LogP contribution in [0.4, 0.5) is 0 Å². The summed E-state index contributed by atoms with van der Waals surface area (Å²) in [6, 6.07) is 4.93. The summed E-state index contributed by atoms with van der Waals surface area (Å²) in [4.78, 5) is 4.38. The molecule has 0 aliphatic heterocycles. The molecular weight excluding hydrogens is 248 g/mol. The summed E-state index contributed by atoms with van der Waals surface area (Å²) in [5.74, 6) is 1.65. The molecule has 3 heteroatoms. The van der Waals surface area contributed by atoms with Gasteiger partial charge in [-0.2, -0.15) is 0 Å². The van der Waals surface area contributed by atoms with E-state index in [9.17, 15) is 0 Å². The third kappa shape index (κ3) is 3.95. The van der Waals surface area contributed by atoms with Crippen LogP contribution in [0, 0.1) is 5.92 Å². The monoisotopic (exact) mass is 274 g/mol. The quantitative estimate of drug-likeness (QED) is 0.859. The van der Waals surface area contributed by atoms with Gasteiger partial charge in [0.25, 0.3) is 0 Å². The molecule has 2 fully saturated rings. The zero-order chi connectivity index (χ0) is 13.8. The molecule has 0 bridgehead atoms. The molecule has 0 spiro atoms. The van der Waals surface area contributed by atoms with Crippen molar-refractivity contribution in [3.63, 3.8) is 0 Å². The van der Waals surface area contributed by atoms with Crippen molar-refractivity contribution in [1.29, 1.82) is 0 Å². The number of ether oxygens (including phenoxy) is 1. The van der Waals surface area contributed by atoms with Gasteiger partial charge in [-0.25, -0.2) is 4.98 Å². The van der Waals surface area contributed by atoms with Crippen LogP contribution in [-0.2, 0) is 6.54 Å². The average molecular weight is 274 g/mol. The second kappa shape index (κ2) is 6.57. The summed E-state index contributed by atoms with van der Waals surface area (Å²) < 4.78 is 6.11. The third-order valence-corrected chi connectivity index (χ3v) is 4.57. The van der Waals surface area contributed by atoms with Gasteiger partial charge in [-0.15, -0.1) is 0 Å². The second-order valence-electron chi connectivity index (χ2n) is 6.34. The van der Waals surface area contributed by atoms with Crippen LogP contribution >= 0.6 is 0 Å². The Kier molecular flexibility index (Phi) is 4.56. The fourth-order valence-corrected chi connectivity index (χ4v) is 3.06. The minimum absolute atomic E-state index is 0.368. The summed E-state index contributed by atoms with van der Waals surface area (Å²) in [6.45, 7) is 3.22. The molecule has 2 aliphatic carbocycles. The molecule has 1 aromatic rings. The standard InChI is InChI=1S/C17H26N2O/c1-2-13-4-3-5-16(10-13)20-17-11-14(8-9-18-17)12-19-15-6-7-15/h8-9,11,13,15-16,19H,2-7,10,12H2,1H3. The summed E-state index contributed by atoms with van der Waals surface area (Å²) >= 11 is 0. The fourth-order valence-electron chi connectivity index (χ4n) is 3.06. The highest BCUT2D eigenvalue weighted by atomic mass is 16.5. The summed E-state index contributed by atoms with van der Waals surface area (Å²) in [5.41, 5.74) is 1.28. The largest absolute Gasteiger partial charge is 0.474 e. The van der Waals surface area contributed by atoms with Crippen molar-refractivity contribution in [2.45, 2.75) is 70.6 Å². The van der Waals surface area contributed by atoms with E-state index in [-0.39, 0.29) is 0 Å². The molecule has 3 nitrogen and oxygen atoms in total. The maximum Gasteiger partial charge on any atom is 0.213 e. The molecule has 20 heavy (non-hydrogen) atoms. The molecule has 1 aromatic heterocycles. The van der Waals surface area contributed by atoms with E-state index in [1.807, 2.05) is 6.20 Å². The normalized spacial score (nSPS) is 26.4. The first-order valence-electron chi connectivity index (χ1n) is 8.18. The molecule has 110 valence electrons. The molecule has 2 atom stereocenters. The number of pyridine rings is 1. The minimum Gasteiger partial charge on any atom is -0.474 e. The summed E-state index contributed by atoms with van der Waals surface area (Å²) in [7, 11) is 0. The third-order valence-electron chi connectivity index (χ3n) is 4.57. The molecule has 1 heterocycles. The maximum atomic E-state index is 6.11. The predicted octanol–water partition coefficient (Wildman–Crippen LogP) is 3.68. The van der Waals surface area contributed by atoms with Crippen molar-refractivity contribution in [3.8, 4) is 5.88 Å². The number of nitrogens with one attached hydrogen (secondary N) is 1. The Labute approximate surface area is 122 Å².